The maximum Gasteiger partial charge on any atom is 0.262 e. The molecule has 0 saturated heterocycles. The molecule has 0 aliphatic heterocycles. The molecule has 0 atom stereocenters. The molecule has 1 N–H and O–H groups in total. The minimum Gasteiger partial charge on any atom is -0.490 e. The average Bonchev–Trinajstić information content (AvgIpc) is 3.35. The quantitative estimate of drug-likeness (QED) is 0.242. The lowest BCUT2D eigenvalue weighted by Crippen LogP contribution is -2.23. The molecule has 1 heterocycles. The molecule has 8 heteroatoms. The van der Waals surface area contributed by atoms with Crippen LogP contribution in [0.1, 0.15) is 18.2 Å². The highest BCUT2D eigenvalue weighted by molar-refractivity contribution is 6.32. The standard InChI is InChI=1S/C25H23ClN2O5/c1-2-30-24-15-18(14-19(16-27)25(29)28-17-20-6-5-11-31-20)9-10-23(24)33-13-12-32-22-8-4-3-7-21(22)26/h3-11,14-15H,2,12-13,17H2,1H3,(H,28,29). The van der Waals surface area contributed by atoms with E-state index < -0.39 is 5.91 Å². The third-order valence-electron chi connectivity index (χ3n) is 4.38. The van der Waals surface area contributed by atoms with Crippen LogP contribution in [0.25, 0.3) is 6.08 Å². The van der Waals surface area contributed by atoms with Gasteiger partial charge in [0.05, 0.1) is 24.4 Å². The van der Waals surface area contributed by atoms with Crippen LogP contribution >= 0.6 is 11.6 Å². The first-order chi connectivity index (χ1) is 16.1. The fourth-order valence-electron chi connectivity index (χ4n) is 2.86. The Hall–Kier alpha value is -3.89. The van der Waals surface area contributed by atoms with E-state index in [2.05, 4.69) is 5.32 Å². The summed E-state index contributed by atoms with van der Waals surface area (Å²) >= 11 is 6.08. The zero-order valence-corrected chi connectivity index (χ0v) is 18.8. The molecule has 33 heavy (non-hydrogen) atoms. The highest BCUT2D eigenvalue weighted by atomic mass is 35.5. The Morgan fingerprint density at radius 1 is 1.06 bits per heavy atom. The first kappa shape index (κ1) is 23.8. The lowest BCUT2D eigenvalue weighted by atomic mass is 10.1. The van der Waals surface area contributed by atoms with E-state index in [1.807, 2.05) is 25.1 Å². The molecule has 0 fully saturated rings. The van der Waals surface area contributed by atoms with Gasteiger partial charge in [0.1, 0.15) is 36.4 Å². The summed E-state index contributed by atoms with van der Waals surface area (Å²) in [6.45, 7) is 3.05. The molecule has 3 rings (SSSR count). The van der Waals surface area contributed by atoms with E-state index in [0.717, 1.165) is 0 Å². The topological polar surface area (TPSA) is 93.7 Å². The van der Waals surface area contributed by atoms with Crippen molar-refractivity contribution < 1.29 is 23.4 Å². The van der Waals surface area contributed by atoms with Crippen molar-refractivity contribution in [2.75, 3.05) is 19.8 Å². The number of ether oxygens (including phenoxy) is 3. The van der Waals surface area contributed by atoms with Gasteiger partial charge in [-0.25, -0.2) is 0 Å². The van der Waals surface area contributed by atoms with Crippen molar-refractivity contribution >= 4 is 23.6 Å². The molecule has 0 spiro atoms. The predicted octanol–water partition coefficient (Wildman–Crippen LogP) is 5.01. The van der Waals surface area contributed by atoms with Gasteiger partial charge < -0.3 is 23.9 Å². The van der Waals surface area contributed by atoms with Crippen molar-refractivity contribution in [1.29, 1.82) is 5.26 Å². The Kier molecular flexibility index (Phi) is 8.80. The molecule has 0 radical (unpaired) electrons. The Labute approximate surface area is 197 Å². The zero-order chi connectivity index (χ0) is 23.5. The van der Waals surface area contributed by atoms with Crippen LogP contribution < -0.4 is 19.5 Å². The van der Waals surface area contributed by atoms with E-state index in [9.17, 15) is 10.1 Å². The van der Waals surface area contributed by atoms with Crippen molar-refractivity contribution in [3.8, 4) is 23.3 Å². The van der Waals surface area contributed by atoms with Crippen LogP contribution in [0.15, 0.2) is 70.9 Å². The Morgan fingerprint density at radius 2 is 1.85 bits per heavy atom. The number of nitrogens with zero attached hydrogens (tertiary/aromatic N) is 1. The van der Waals surface area contributed by atoms with Gasteiger partial charge >= 0.3 is 0 Å². The Bertz CT molecular complexity index is 1140. The van der Waals surface area contributed by atoms with E-state index in [1.165, 1.54) is 12.3 Å². The number of carbonyl (C=O) groups excluding carboxylic acids is 1. The van der Waals surface area contributed by atoms with E-state index >= 15 is 0 Å². The van der Waals surface area contributed by atoms with Crippen molar-refractivity contribution in [3.05, 3.63) is 82.8 Å². The summed E-state index contributed by atoms with van der Waals surface area (Å²) in [5.74, 6) is 1.71. The largest absolute Gasteiger partial charge is 0.490 e. The van der Waals surface area contributed by atoms with Crippen molar-refractivity contribution in [2.45, 2.75) is 13.5 Å². The van der Waals surface area contributed by atoms with Crippen molar-refractivity contribution in [1.82, 2.24) is 5.32 Å². The smallest absolute Gasteiger partial charge is 0.262 e. The summed E-state index contributed by atoms with van der Waals surface area (Å²) in [7, 11) is 0. The highest BCUT2D eigenvalue weighted by Gasteiger charge is 2.12. The lowest BCUT2D eigenvalue weighted by Gasteiger charge is -2.13. The van der Waals surface area contributed by atoms with Gasteiger partial charge in [0.2, 0.25) is 0 Å². The molecule has 0 saturated carbocycles. The number of furan rings is 1. The minimum absolute atomic E-state index is 0.0363. The van der Waals surface area contributed by atoms with Gasteiger partial charge in [-0.3, -0.25) is 4.79 Å². The Balaban J connectivity index is 1.63. The Morgan fingerprint density at radius 3 is 2.55 bits per heavy atom. The molecule has 0 aliphatic carbocycles. The van der Waals surface area contributed by atoms with Crippen LogP contribution in [0.4, 0.5) is 0 Å². The molecule has 0 bridgehead atoms. The fourth-order valence-corrected chi connectivity index (χ4v) is 3.05. The zero-order valence-electron chi connectivity index (χ0n) is 18.0. The van der Waals surface area contributed by atoms with Crippen molar-refractivity contribution in [3.63, 3.8) is 0 Å². The van der Waals surface area contributed by atoms with Gasteiger partial charge in [-0.2, -0.15) is 5.26 Å². The van der Waals surface area contributed by atoms with Crippen LogP contribution in [-0.2, 0) is 11.3 Å². The molecule has 0 aliphatic rings. The number of benzene rings is 2. The molecular formula is C25H23ClN2O5. The number of amides is 1. The fraction of sp³-hybridized carbons (Fsp3) is 0.200. The monoisotopic (exact) mass is 466 g/mol. The predicted molar refractivity (Wildman–Crippen MR) is 124 cm³/mol. The second kappa shape index (κ2) is 12.2. The van der Waals surface area contributed by atoms with Gasteiger partial charge in [-0.15, -0.1) is 0 Å². The van der Waals surface area contributed by atoms with Crippen molar-refractivity contribution in [2.24, 2.45) is 0 Å². The summed E-state index contributed by atoms with van der Waals surface area (Å²) in [6, 6.07) is 17.8. The van der Waals surface area contributed by atoms with Gasteiger partial charge in [-0.05, 0) is 55.0 Å². The van der Waals surface area contributed by atoms with Gasteiger partial charge in [0, 0.05) is 0 Å². The number of para-hydroxylation sites is 1. The molecule has 170 valence electrons. The number of hydrogen-bond donors (Lipinski definition) is 1. The second-order valence-corrected chi connectivity index (χ2v) is 7.11. The summed E-state index contributed by atoms with van der Waals surface area (Å²) < 4.78 is 22.3. The van der Waals surface area contributed by atoms with E-state index in [-0.39, 0.29) is 18.7 Å². The molecular weight excluding hydrogens is 444 g/mol. The van der Waals surface area contributed by atoms with Gasteiger partial charge in [0.15, 0.2) is 11.5 Å². The molecule has 0 unspecified atom stereocenters. The molecule has 2 aromatic carbocycles. The number of halogens is 1. The number of nitriles is 1. The van der Waals surface area contributed by atoms with E-state index in [4.69, 9.17) is 30.2 Å². The third kappa shape index (κ3) is 7.06. The molecule has 1 aromatic heterocycles. The molecule has 1 amide bonds. The van der Waals surface area contributed by atoms with Gasteiger partial charge in [-0.1, -0.05) is 29.8 Å². The molecule has 3 aromatic rings. The van der Waals surface area contributed by atoms with E-state index in [0.29, 0.717) is 46.8 Å². The summed E-state index contributed by atoms with van der Waals surface area (Å²) in [6.07, 6.45) is 3.01. The third-order valence-corrected chi connectivity index (χ3v) is 4.69. The second-order valence-electron chi connectivity index (χ2n) is 6.70. The normalized spacial score (nSPS) is 10.9. The van der Waals surface area contributed by atoms with Gasteiger partial charge in [0.25, 0.3) is 5.91 Å². The minimum atomic E-state index is -0.496. The first-order valence-corrected chi connectivity index (χ1v) is 10.7. The summed E-state index contributed by atoms with van der Waals surface area (Å²) in [5.41, 5.74) is 0.591. The van der Waals surface area contributed by atoms with Crippen LogP contribution in [0.5, 0.6) is 17.2 Å². The maximum absolute atomic E-state index is 12.3. The number of nitrogens with one attached hydrogen (secondary N) is 1. The van der Waals surface area contributed by atoms with Crippen LogP contribution in [0.3, 0.4) is 0 Å². The summed E-state index contributed by atoms with van der Waals surface area (Å²) in [5, 5.41) is 12.6. The van der Waals surface area contributed by atoms with E-state index in [1.54, 1.807) is 42.5 Å². The SMILES string of the molecule is CCOc1cc(C=C(C#N)C(=O)NCc2ccco2)ccc1OCCOc1ccccc1Cl. The number of carbonyl (C=O) groups is 1. The molecule has 7 nitrogen and oxygen atoms in total. The van der Waals surface area contributed by atoms with Crippen LogP contribution in [0.2, 0.25) is 5.02 Å². The highest BCUT2D eigenvalue weighted by Crippen LogP contribution is 2.30. The first-order valence-electron chi connectivity index (χ1n) is 10.3. The maximum atomic E-state index is 12.3. The number of hydrogen-bond acceptors (Lipinski definition) is 6. The van der Waals surface area contributed by atoms with Crippen LogP contribution in [-0.4, -0.2) is 25.7 Å². The summed E-state index contributed by atoms with van der Waals surface area (Å²) in [4.78, 5) is 12.3. The average molecular weight is 467 g/mol. The van der Waals surface area contributed by atoms with Crippen LogP contribution in [0, 0.1) is 11.3 Å². The number of rotatable bonds is 11. The lowest BCUT2D eigenvalue weighted by molar-refractivity contribution is -0.117.